The van der Waals surface area contributed by atoms with E-state index < -0.39 is 0 Å². The van der Waals surface area contributed by atoms with E-state index in [2.05, 4.69) is 19.1 Å². The molecule has 4 heteroatoms. The van der Waals surface area contributed by atoms with Gasteiger partial charge in [-0.15, -0.1) is 0 Å². The minimum Gasteiger partial charge on any atom is -0.494 e. The number of carbonyl (C=O) groups is 1. The number of hydrogen-bond acceptors (Lipinski definition) is 3. The first-order chi connectivity index (χ1) is 12.2. The van der Waals surface area contributed by atoms with E-state index in [1.54, 1.807) is 0 Å². The highest BCUT2D eigenvalue weighted by Crippen LogP contribution is 2.21. The number of aryl methyl sites for hydroxylation is 1. The number of carbonyl (C=O) groups excluding carboxylic acids is 1. The number of hydrogen-bond donors (Lipinski definition) is 0. The average Bonchev–Trinajstić information content (AvgIpc) is 3.11. The summed E-state index contributed by atoms with van der Waals surface area (Å²) < 4.78 is 11.3. The van der Waals surface area contributed by atoms with Gasteiger partial charge in [0.15, 0.2) is 6.61 Å². The van der Waals surface area contributed by atoms with E-state index in [1.165, 1.54) is 5.56 Å². The van der Waals surface area contributed by atoms with E-state index in [4.69, 9.17) is 9.47 Å². The van der Waals surface area contributed by atoms with E-state index in [0.29, 0.717) is 12.5 Å². The number of benzene rings is 2. The molecular formula is C21H25NO3. The molecule has 0 bridgehead atoms. The summed E-state index contributed by atoms with van der Waals surface area (Å²) in [5.41, 5.74) is 1.23. The lowest BCUT2D eigenvalue weighted by Gasteiger charge is -2.17. The van der Waals surface area contributed by atoms with Crippen LogP contribution in [0.2, 0.25) is 0 Å². The van der Waals surface area contributed by atoms with Crippen LogP contribution in [0.3, 0.4) is 0 Å². The van der Waals surface area contributed by atoms with Gasteiger partial charge in [-0.1, -0.05) is 35.9 Å². The standard InChI is InChI=1S/C21H25NO3/c1-17-7-9-20(10-8-17)24-14-12-18-11-13-22(15-18)21(23)16-25-19-5-3-2-4-6-19/h2-10,18H,11-16H2,1H3. The highest BCUT2D eigenvalue weighted by atomic mass is 16.5. The molecule has 0 aliphatic carbocycles. The molecule has 1 heterocycles. The maximum atomic E-state index is 12.3. The van der Waals surface area contributed by atoms with Gasteiger partial charge in [0.1, 0.15) is 11.5 Å². The molecule has 25 heavy (non-hydrogen) atoms. The summed E-state index contributed by atoms with van der Waals surface area (Å²) in [6, 6.07) is 17.6. The van der Waals surface area contributed by atoms with Gasteiger partial charge in [0.2, 0.25) is 0 Å². The number of ether oxygens (including phenoxy) is 2. The monoisotopic (exact) mass is 339 g/mol. The van der Waals surface area contributed by atoms with Gasteiger partial charge in [0.05, 0.1) is 6.61 Å². The number of para-hydroxylation sites is 1. The van der Waals surface area contributed by atoms with Crippen LogP contribution in [-0.4, -0.2) is 37.1 Å². The normalized spacial score (nSPS) is 16.7. The SMILES string of the molecule is Cc1ccc(OCCC2CCN(C(=O)COc3ccccc3)C2)cc1. The number of likely N-dealkylation sites (tertiary alicyclic amines) is 1. The first-order valence-electron chi connectivity index (χ1n) is 8.86. The molecule has 0 N–H and O–H groups in total. The van der Waals surface area contributed by atoms with Crippen LogP contribution >= 0.6 is 0 Å². The van der Waals surface area contributed by atoms with E-state index >= 15 is 0 Å². The summed E-state index contributed by atoms with van der Waals surface area (Å²) in [6.45, 7) is 4.47. The third kappa shape index (κ3) is 5.24. The summed E-state index contributed by atoms with van der Waals surface area (Å²) in [5.74, 6) is 2.21. The molecule has 1 saturated heterocycles. The van der Waals surface area contributed by atoms with E-state index in [1.807, 2.05) is 47.4 Å². The van der Waals surface area contributed by atoms with Gasteiger partial charge in [-0.05, 0) is 49.9 Å². The summed E-state index contributed by atoms with van der Waals surface area (Å²) in [5, 5.41) is 0. The van der Waals surface area contributed by atoms with Crippen molar-refractivity contribution in [2.24, 2.45) is 5.92 Å². The fourth-order valence-corrected chi connectivity index (χ4v) is 3.03. The van der Waals surface area contributed by atoms with Crippen molar-refractivity contribution in [1.29, 1.82) is 0 Å². The average molecular weight is 339 g/mol. The molecule has 132 valence electrons. The Morgan fingerprint density at radius 1 is 1.04 bits per heavy atom. The van der Waals surface area contributed by atoms with Crippen molar-refractivity contribution in [3.63, 3.8) is 0 Å². The molecule has 2 aromatic carbocycles. The zero-order chi connectivity index (χ0) is 17.5. The minimum atomic E-state index is 0.0609. The van der Waals surface area contributed by atoms with Crippen LogP contribution in [-0.2, 0) is 4.79 Å². The van der Waals surface area contributed by atoms with E-state index in [-0.39, 0.29) is 12.5 Å². The lowest BCUT2D eigenvalue weighted by atomic mass is 10.1. The molecule has 0 radical (unpaired) electrons. The van der Waals surface area contributed by atoms with Gasteiger partial charge in [0.25, 0.3) is 5.91 Å². The van der Waals surface area contributed by atoms with Crippen molar-refractivity contribution >= 4 is 5.91 Å². The van der Waals surface area contributed by atoms with Gasteiger partial charge < -0.3 is 14.4 Å². The van der Waals surface area contributed by atoms with E-state index in [9.17, 15) is 4.79 Å². The first-order valence-corrected chi connectivity index (χ1v) is 8.86. The Labute approximate surface area is 149 Å². The van der Waals surface area contributed by atoms with Crippen LogP contribution in [0.5, 0.6) is 11.5 Å². The van der Waals surface area contributed by atoms with Crippen LogP contribution in [0.25, 0.3) is 0 Å². The maximum absolute atomic E-state index is 12.3. The van der Waals surface area contributed by atoms with Gasteiger partial charge in [-0.25, -0.2) is 0 Å². The van der Waals surface area contributed by atoms with Crippen LogP contribution < -0.4 is 9.47 Å². The van der Waals surface area contributed by atoms with Crippen LogP contribution in [0, 0.1) is 12.8 Å². The van der Waals surface area contributed by atoms with Crippen molar-refractivity contribution in [1.82, 2.24) is 4.90 Å². The molecule has 0 spiro atoms. The van der Waals surface area contributed by atoms with Crippen molar-refractivity contribution < 1.29 is 14.3 Å². The summed E-state index contributed by atoms with van der Waals surface area (Å²) in [6.07, 6.45) is 2.01. The van der Waals surface area contributed by atoms with E-state index in [0.717, 1.165) is 37.4 Å². The number of rotatable bonds is 7. The zero-order valence-corrected chi connectivity index (χ0v) is 14.7. The van der Waals surface area contributed by atoms with Crippen LogP contribution in [0.15, 0.2) is 54.6 Å². The Morgan fingerprint density at radius 3 is 2.52 bits per heavy atom. The second kappa shape index (κ2) is 8.56. The highest BCUT2D eigenvalue weighted by Gasteiger charge is 2.26. The molecule has 1 unspecified atom stereocenters. The van der Waals surface area contributed by atoms with Gasteiger partial charge in [0, 0.05) is 13.1 Å². The Kier molecular flexibility index (Phi) is 5.94. The molecule has 1 aliphatic rings. The quantitative estimate of drug-likeness (QED) is 0.772. The summed E-state index contributed by atoms with van der Waals surface area (Å²) in [7, 11) is 0. The zero-order valence-electron chi connectivity index (χ0n) is 14.7. The third-order valence-electron chi connectivity index (χ3n) is 4.56. The molecule has 3 rings (SSSR count). The van der Waals surface area contributed by atoms with Crippen molar-refractivity contribution in [3.8, 4) is 11.5 Å². The predicted molar refractivity (Wildman–Crippen MR) is 97.9 cm³/mol. The van der Waals surface area contributed by atoms with Crippen LogP contribution in [0.1, 0.15) is 18.4 Å². The molecule has 1 atom stereocenters. The summed E-state index contributed by atoms with van der Waals surface area (Å²) >= 11 is 0. The second-order valence-corrected chi connectivity index (χ2v) is 6.55. The Hall–Kier alpha value is -2.49. The molecule has 4 nitrogen and oxygen atoms in total. The molecule has 0 aromatic heterocycles. The molecule has 1 amide bonds. The fourth-order valence-electron chi connectivity index (χ4n) is 3.03. The fraction of sp³-hybridized carbons (Fsp3) is 0.381. The Balaban J connectivity index is 1.36. The van der Waals surface area contributed by atoms with Gasteiger partial charge >= 0.3 is 0 Å². The number of nitrogens with zero attached hydrogens (tertiary/aromatic N) is 1. The van der Waals surface area contributed by atoms with Crippen LogP contribution in [0.4, 0.5) is 0 Å². The molecule has 1 aliphatic heterocycles. The second-order valence-electron chi connectivity index (χ2n) is 6.55. The molecule has 0 saturated carbocycles. The Bertz CT molecular complexity index is 669. The predicted octanol–water partition coefficient (Wildman–Crippen LogP) is 3.69. The highest BCUT2D eigenvalue weighted by molar-refractivity contribution is 5.78. The largest absolute Gasteiger partial charge is 0.494 e. The molecule has 1 fully saturated rings. The van der Waals surface area contributed by atoms with Gasteiger partial charge in [-0.3, -0.25) is 4.79 Å². The van der Waals surface area contributed by atoms with Gasteiger partial charge in [-0.2, -0.15) is 0 Å². The number of amides is 1. The van der Waals surface area contributed by atoms with Crippen molar-refractivity contribution in [3.05, 3.63) is 60.2 Å². The lowest BCUT2D eigenvalue weighted by molar-refractivity contribution is -0.132. The first kappa shape index (κ1) is 17.3. The third-order valence-corrected chi connectivity index (χ3v) is 4.56. The summed E-state index contributed by atoms with van der Waals surface area (Å²) in [4.78, 5) is 14.2. The maximum Gasteiger partial charge on any atom is 0.260 e. The Morgan fingerprint density at radius 2 is 1.76 bits per heavy atom. The topological polar surface area (TPSA) is 38.8 Å². The lowest BCUT2D eigenvalue weighted by Crippen LogP contribution is -2.33. The smallest absolute Gasteiger partial charge is 0.260 e. The molecule has 2 aromatic rings. The van der Waals surface area contributed by atoms with Crippen molar-refractivity contribution in [2.75, 3.05) is 26.3 Å². The molecular weight excluding hydrogens is 314 g/mol. The van der Waals surface area contributed by atoms with Crippen molar-refractivity contribution in [2.45, 2.75) is 19.8 Å². The minimum absolute atomic E-state index is 0.0609.